The van der Waals surface area contributed by atoms with Gasteiger partial charge in [0.1, 0.15) is 0 Å². The van der Waals surface area contributed by atoms with Gasteiger partial charge in [-0.2, -0.15) is 0 Å². The van der Waals surface area contributed by atoms with Crippen LogP contribution in [0.25, 0.3) is 0 Å². The molecule has 2 unspecified atom stereocenters. The van der Waals surface area contributed by atoms with Crippen LogP contribution in [0.4, 0.5) is 0 Å². The van der Waals surface area contributed by atoms with E-state index in [1.807, 2.05) is 6.92 Å². The third-order valence-electron chi connectivity index (χ3n) is 2.79. The molecule has 2 heteroatoms. The highest BCUT2D eigenvalue weighted by atomic mass is 16.6. The zero-order valence-corrected chi connectivity index (χ0v) is 10.7. The minimum absolute atomic E-state index is 0.560. The molecule has 0 aromatic carbocycles. The Morgan fingerprint density at radius 3 is 2.27 bits per heavy atom. The molecule has 0 amide bonds. The molecule has 1 N–H and O–H groups in total. The largest absolute Gasteiger partial charge is 0.368 e. The molecular formula is C13H28O2. The fraction of sp³-hybridized carbons (Fsp3) is 1.00. The average Bonchev–Trinajstić information content (AvgIpc) is 2.25. The van der Waals surface area contributed by atoms with Gasteiger partial charge in [-0.05, 0) is 25.2 Å². The Labute approximate surface area is 95.0 Å². The highest BCUT2D eigenvalue weighted by Gasteiger charge is 2.10. The van der Waals surface area contributed by atoms with Crippen molar-refractivity contribution in [2.75, 3.05) is 6.61 Å². The summed E-state index contributed by atoms with van der Waals surface area (Å²) in [6.07, 6.45) is 7.70. The quantitative estimate of drug-likeness (QED) is 0.445. The van der Waals surface area contributed by atoms with E-state index in [0.29, 0.717) is 12.3 Å². The maximum absolute atomic E-state index is 9.32. The van der Waals surface area contributed by atoms with Gasteiger partial charge < -0.3 is 9.84 Å². The lowest BCUT2D eigenvalue weighted by Gasteiger charge is -2.18. The van der Waals surface area contributed by atoms with E-state index < -0.39 is 6.29 Å². The summed E-state index contributed by atoms with van der Waals surface area (Å²) < 4.78 is 5.39. The summed E-state index contributed by atoms with van der Waals surface area (Å²) in [4.78, 5) is 0. The van der Waals surface area contributed by atoms with Crippen molar-refractivity contribution in [1.82, 2.24) is 0 Å². The summed E-state index contributed by atoms with van der Waals surface area (Å²) in [5.74, 6) is 0.641. The van der Waals surface area contributed by atoms with E-state index in [-0.39, 0.29) is 0 Å². The van der Waals surface area contributed by atoms with Crippen LogP contribution in [0.3, 0.4) is 0 Å². The van der Waals surface area contributed by atoms with Gasteiger partial charge in [-0.25, -0.2) is 0 Å². The van der Waals surface area contributed by atoms with Gasteiger partial charge in [0.15, 0.2) is 6.29 Å². The molecule has 2 nitrogen and oxygen atoms in total. The molecule has 0 bridgehead atoms. The number of aliphatic hydroxyl groups is 1. The highest BCUT2D eigenvalue weighted by molar-refractivity contribution is 4.58. The van der Waals surface area contributed by atoms with Gasteiger partial charge in [-0.1, -0.05) is 46.5 Å². The van der Waals surface area contributed by atoms with Crippen molar-refractivity contribution in [2.24, 2.45) is 5.92 Å². The van der Waals surface area contributed by atoms with E-state index in [4.69, 9.17) is 4.74 Å². The first-order valence-corrected chi connectivity index (χ1v) is 6.54. The molecule has 0 aromatic rings. The maximum Gasteiger partial charge on any atom is 0.154 e. The Hall–Kier alpha value is -0.0800. The summed E-state index contributed by atoms with van der Waals surface area (Å²) in [5, 5.41) is 9.32. The Morgan fingerprint density at radius 1 is 1.00 bits per heavy atom. The maximum atomic E-state index is 9.32. The lowest BCUT2D eigenvalue weighted by atomic mass is 9.97. The van der Waals surface area contributed by atoms with E-state index in [1.54, 1.807) is 0 Å². The molecule has 2 atom stereocenters. The van der Waals surface area contributed by atoms with Crippen LogP contribution < -0.4 is 0 Å². The molecule has 0 aliphatic rings. The number of hydrogen-bond acceptors (Lipinski definition) is 2. The second-order valence-electron chi connectivity index (χ2n) is 4.35. The molecule has 0 aromatic heterocycles. The predicted molar refractivity (Wildman–Crippen MR) is 64.8 cm³/mol. The van der Waals surface area contributed by atoms with E-state index >= 15 is 0 Å². The first-order valence-electron chi connectivity index (χ1n) is 6.54. The van der Waals surface area contributed by atoms with Crippen molar-refractivity contribution in [3.05, 3.63) is 0 Å². The molecule has 92 valence electrons. The molecular weight excluding hydrogens is 188 g/mol. The summed E-state index contributed by atoms with van der Waals surface area (Å²) >= 11 is 0. The van der Waals surface area contributed by atoms with Crippen LogP contribution in [-0.4, -0.2) is 18.0 Å². The zero-order chi connectivity index (χ0) is 11.5. The van der Waals surface area contributed by atoms with Gasteiger partial charge >= 0.3 is 0 Å². The fourth-order valence-corrected chi connectivity index (χ4v) is 1.77. The van der Waals surface area contributed by atoms with Crippen LogP contribution in [0, 0.1) is 5.92 Å². The normalized spacial score (nSPS) is 15.2. The van der Waals surface area contributed by atoms with Crippen molar-refractivity contribution in [3.8, 4) is 0 Å². The van der Waals surface area contributed by atoms with E-state index in [1.165, 1.54) is 38.5 Å². The van der Waals surface area contributed by atoms with Gasteiger partial charge in [-0.15, -0.1) is 0 Å². The number of ether oxygens (including phenoxy) is 1. The summed E-state index contributed by atoms with van der Waals surface area (Å²) in [6, 6.07) is 0. The molecule has 0 spiro atoms. The van der Waals surface area contributed by atoms with Gasteiger partial charge in [0.2, 0.25) is 0 Å². The second-order valence-corrected chi connectivity index (χ2v) is 4.35. The van der Waals surface area contributed by atoms with Crippen LogP contribution in [0.15, 0.2) is 0 Å². The summed E-state index contributed by atoms with van der Waals surface area (Å²) in [7, 11) is 0. The van der Waals surface area contributed by atoms with Crippen LogP contribution in [0.5, 0.6) is 0 Å². The van der Waals surface area contributed by atoms with E-state index in [9.17, 15) is 5.11 Å². The second kappa shape index (κ2) is 10.4. The van der Waals surface area contributed by atoms with Crippen LogP contribution in [0.1, 0.15) is 65.7 Å². The van der Waals surface area contributed by atoms with Crippen LogP contribution >= 0.6 is 0 Å². The lowest BCUT2D eigenvalue weighted by molar-refractivity contribution is -0.112. The topological polar surface area (TPSA) is 29.5 Å². The third kappa shape index (κ3) is 8.88. The molecule has 15 heavy (non-hydrogen) atoms. The molecule has 0 radical (unpaired) electrons. The van der Waals surface area contributed by atoms with Crippen LogP contribution in [-0.2, 0) is 4.74 Å². The Morgan fingerprint density at radius 2 is 1.73 bits per heavy atom. The van der Waals surface area contributed by atoms with Gasteiger partial charge in [0, 0.05) is 0 Å². The Bertz CT molecular complexity index is 126. The predicted octanol–water partition coefficient (Wildman–Crippen LogP) is 3.73. The Balaban J connectivity index is 3.62. The number of unbranched alkanes of at least 4 members (excludes halogenated alkanes) is 2. The SMILES string of the molecule is CCCCCC(CCC)COC(O)CC. The molecule has 0 saturated heterocycles. The first-order chi connectivity index (χ1) is 7.24. The highest BCUT2D eigenvalue weighted by Crippen LogP contribution is 2.16. The summed E-state index contributed by atoms with van der Waals surface area (Å²) in [6.45, 7) is 7.11. The van der Waals surface area contributed by atoms with Gasteiger partial charge in [0.05, 0.1) is 6.61 Å². The monoisotopic (exact) mass is 216 g/mol. The van der Waals surface area contributed by atoms with Crippen molar-refractivity contribution in [1.29, 1.82) is 0 Å². The van der Waals surface area contributed by atoms with Gasteiger partial charge in [-0.3, -0.25) is 0 Å². The molecule has 0 rings (SSSR count). The third-order valence-corrected chi connectivity index (χ3v) is 2.79. The standard InChI is InChI=1S/C13H28O2/c1-4-7-8-10-12(9-5-2)11-15-13(14)6-3/h12-14H,4-11H2,1-3H3. The molecule has 0 aliphatic carbocycles. The van der Waals surface area contributed by atoms with Crippen LogP contribution in [0.2, 0.25) is 0 Å². The molecule has 0 heterocycles. The minimum atomic E-state index is -0.560. The minimum Gasteiger partial charge on any atom is -0.368 e. The number of aliphatic hydroxyl groups excluding tert-OH is 1. The molecule has 0 fully saturated rings. The number of hydrogen-bond donors (Lipinski definition) is 1. The Kier molecular flexibility index (Phi) is 10.4. The smallest absolute Gasteiger partial charge is 0.154 e. The van der Waals surface area contributed by atoms with Gasteiger partial charge in [0.25, 0.3) is 0 Å². The first kappa shape index (κ1) is 14.9. The zero-order valence-electron chi connectivity index (χ0n) is 10.7. The lowest BCUT2D eigenvalue weighted by Crippen LogP contribution is -2.17. The molecule has 0 saturated carbocycles. The van der Waals surface area contributed by atoms with Crippen molar-refractivity contribution < 1.29 is 9.84 Å². The van der Waals surface area contributed by atoms with Crippen molar-refractivity contribution in [3.63, 3.8) is 0 Å². The summed E-state index contributed by atoms with van der Waals surface area (Å²) in [5.41, 5.74) is 0. The molecule has 0 aliphatic heterocycles. The van der Waals surface area contributed by atoms with Crippen molar-refractivity contribution in [2.45, 2.75) is 72.0 Å². The van der Waals surface area contributed by atoms with Crippen molar-refractivity contribution >= 4 is 0 Å². The average molecular weight is 216 g/mol. The van der Waals surface area contributed by atoms with E-state index in [2.05, 4.69) is 13.8 Å². The fourth-order valence-electron chi connectivity index (χ4n) is 1.77. The number of rotatable bonds is 10. The van der Waals surface area contributed by atoms with E-state index in [0.717, 1.165) is 6.61 Å².